The largest absolute Gasteiger partial charge is 0.346 e. The van der Waals surface area contributed by atoms with Crippen LogP contribution in [0.1, 0.15) is 28.2 Å². The van der Waals surface area contributed by atoms with Crippen LogP contribution < -0.4 is 10.6 Å². The average Bonchev–Trinajstić information content (AvgIpc) is 3.26. The molecular formula is C17H19N7O. The lowest BCUT2D eigenvalue weighted by molar-refractivity contribution is 0.0951. The minimum atomic E-state index is -0.159. The van der Waals surface area contributed by atoms with E-state index >= 15 is 0 Å². The summed E-state index contributed by atoms with van der Waals surface area (Å²) in [7, 11) is 0. The summed E-state index contributed by atoms with van der Waals surface area (Å²) in [6.45, 7) is 3.12. The van der Waals surface area contributed by atoms with Crippen molar-refractivity contribution in [2.75, 3.05) is 6.54 Å². The molecular weight excluding hydrogens is 318 g/mol. The normalized spacial score (nSPS) is 13.9. The fourth-order valence-corrected chi connectivity index (χ4v) is 3.00. The minimum Gasteiger partial charge on any atom is -0.346 e. The molecule has 0 fully saturated rings. The molecule has 25 heavy (non-hydrogen) atoms. The lowest BCUT2D eigenvalue weighted by Gasteiger charge is -2.07. The summed E-state index contributed by atoms with van der Waals surface area (Å²) in [6, 6.07) is 9.37. The second-order valence-electron chi connectivity index (χ2n) is 5.94. The summed E-state index contributed by atoms with van der Waals surface area (Å²) in [5, 5.41) is 17.5. The number of fused-ring (bicyclic) bond motifs is 1. The Morgan fingerprint density at radius 2 is 2.24 bits per heavy atom. The number of rotatable bonds is 4. The summed E-state index contributed by atoms with van der Waals surface area (Å²) < 4.78 is 2.02. The smallest absolute Gasteiger partial charge is 0.252 e. The van der Waals surface area contributed by atoms with Crippen molar-refractivity contribution in [3.8, 4) is 11.4 Å². The third kappa shape index (κ3) is 3.29. The van der Waals surface area contributed by atoms with Crippen LogP contribution >= 0.6 is 0 Å². The van der Waals surface area contributed by atoms with Crippen molar-refractivity contribution in [2.24, 2.45) is 0 Å². The minimum absolute atomic E-state index is 0.159. The lowest BCUT2D eigenvalue weighted by atomic mass is 10.1. The van der Waals surface area contributed by atoms with Gasteiger partial charge in [-0.1, -0.05) is 18.2 Å². The topological polar surface area (TPSA) is 101 Å². The molecule has 0 atom stereocenters. The van der Waals surface area contributed by atoms with Gasteiger partial charge in [0, 0.05) is 18.7 Å². The first kappa shape index (κ1) is 15.5. The first-order valence-corrected chi connectivity index (χ1v) is 8.30. The van der Waals surface area contributed by atoms with Crippen LogP contribution in [0.25, 0.3) is 11.4 Å². The number of aromatic amines is 1. The van der Waals surface area contributed by atoms with Gasteiger partial charge in [0.05, 0.1) is 23.5 Å². The number of hydrogen-bond acceptors (Lipinski definition) is 5. The van der Waals surface area contributed by atoms with E-state index in [4.69, 9.17) is 0 Å². The van der Waals surface area contributed by atoms with Gasteiger partial charge in [-0.25, -0.2) is 4.98 Å². The van der Waals surface area contributed by atoms with Gasteiger partial charge in [0.25, 0.3) is 5.91 Å². The number of aromatic nitrogens is 5. The number of nitrogens with one attached hydrogen (secondary N) is 3. The summed E-state index contributed by atoms with van der Waals surface area (Å²) in [5.41, 5.74) is 3.30. The second-order valence-corrected chi connectivity index (χ2v) is 5.94. The van der Waals surface area contributed by atoms with Crippen LogP contribution in [0.4, 0.5) is 0 Å². The molecule has 1 amide bonds. The molecule has 0 bridgehead atoms. The molecule has 3 N–H and O–H groups in total. The highest BCUT2D eigenvalue weighted by atomic mass is 16.1. The van der Waals surface area contributed by atoms with Crippen LogP contribution in [0.15, 0.2) is 36.7 Å². The molecule has 3 heterocycles. The zero-order valence-electron chi connectivity index (χ0n) is 13.7. The fourth-order valence-electron chi connectivity index (χ4n) is 3.00. The summed E-state index contributed by atoms with van der Waals surface area (Å²) in [5.74, 6) is 0.416. The number of carbonyl (C=O) groups excluding carboxylic acids is 1. The van der Waals surface area contributed by atoms with E-state index in [1.165, 1.54) is 6.33 Å². The van der Waals surface area contributed by atoms with Crippen molar-refractivity contribution in [2.45, 2.75) is 26.1 Å². The van der Waals surface area contributed by atoms with E-state index in [2.05, 4.69) is 30.9 Å². The van der Waals surface area contributed by atoms with Crippen LogP contribution in [0.5, 0.6) is 0 Å². The van der Waals surface area contributed by atoms with Crippen LogP contribution in [0.2, 0.25) is 0 Å². The zero-order valence-corrected chi connectivity index (χ0v) is 13.7. The van der Waals surface area contributed by atoms with Gasteiger partial charge in [-0.2, -0.15) is 10.2 Å². The zero-order chi connectivity index (χ0) is 17.1. The summed E-state index contributed by atoms with van der Waals surface area (Å²) in [6.07, 6.45) is 2.49. The number of nitrogens with zero attached hydrogens (tertiary/aromatic N) is 4. The molecule has 0 unspecified atom stereocenters. The van der Waals surface area contributed by atoms with Crippen LogP contribution in [-0.2, 0) is 19.6 Å². The number of amides is 1. The van der Waals surface area contributed by atoms with E-state index in [0.717, 1.165) is 43.0 Å². The van der Waals surface area contributed by atoms with E-state index in [1.807, 2.05) is 28.9 Å². The maximum Gasteiger partial charge on any atom is 0.252 e. The Hall–Kier alpha value is -3.00. The van der Waals surface area contributed by atoms with Crippen molar-refractivity contribution in [3.63, 3.8) is 0 Å². The molecule has 0 saturated heterocycles. The van der Waals surface area contributed by atoms with Gasteiger partial charge < -0.3 is 10.6 Å². The third-order valence-corrected chi connectivity index (χ3v) is 4.22. The fraction of sp³-hybridized carbons (Fsp3) is 0.294. The van der Waals surface area contributed by atoms with Gasteiger partial charge in [0.1, 0.15) is 6.33 Å². The molecule has 0 aliphatic carbocycles. The summed E-state index contributed by atoms with van der Waals surface area (Å²) in [4.78, 5) is 16.7. The monoisotopic (exact) mass is 337 g/mol. The van der Waals surface area contributed by atoms with Crippen LogP contribution in [0.3, 0.4) is 0 Å². The van der Waals surface area contributed by atoms with Crippen LogP contribution in [0, 0.1) is 0 Å². The standard InChI is InChI=1S/C17H19N7O/c25-17(15-5-2-1-4-14(15)16-20-11-21-22-16)19-9-12-8-13-10-18-6-3-7-24(13)23-12/h1-2,4-5,8,11,18H,3,6-7,9-10H2,(H,19,25)(H,20,21,22). The molecule has 1 aliphatic heterocycles. The van der Waals surface area contributed by atoms with Gasteiger partial charge in [-0.3, -0.25) is 14.6 Å². The van der Waals surface area contributed by atoms with E-state index in [0.29, 0.717) is 17.9 Å². The number of hydrogen-bond donors (Lipinski definition) is 3. The van der Waals surface area contributed by atoms with Crippen molar-refractivity contribution < 1.29 is 4.79 Å². The van der Waals surface area contributed by atoms with Gasteiger partial charge in [-0.15, -0.1) is 0 Å². The van der Waals surface area contributed by atoms with Crippen molar-refractivity contribution >= 4 is 5.91 Å². The predicted molar refractivity (Wildman–Crippen MR) is 91.5 cm³/mol. The van der Waals surface area contributed by atoms with Gasteiger partial charge >= 0.3 is 0 Å². The van der Waals surface area contributed by atoms with Crippen molar-refractivity contribution in [3.05, 3.63) is 53.6 Å². The Labute approximate surface area is 144 Å². The molecule has 0 radical (unpaired) electrons. The first-order chi connectivity index (χ1) is 12.3. The maximum atomic E-state index is 12.6. The molecule has 1 aromatic carbocycles. The highest BCUT2D eigenvalue weighted by Gasteiger charge is 2.15. The molecule has 128 valence electrons. The lowest BCUT2D eigenvalue weighted by Crippen LogP contribution is -2.24. The average molecular weight is 337 g/mol. The Morgan fingerprint density at radius 3 is 3.12 bits per heavy atom. The first-order valence-electron chi connectivity index (χ1n) is 8.30. The number of carbonyl (C=O) groups is 1. The SMILES string of the molecule is O=C(NCc1cc2n(n1)CCCNC2)c1ccccc1-c1ncn[nH]1. The van der Waals surface area contributed by atoms with E-state index < -0.39 is 0 Å². The summed E-state index contributed by atoms with van der Waals surface area (Å²) >= 11 is 0. The van der Waals surface area contributed by atoms with Crippen molar-refractivity contribution in [1.82, 2.24) is 35.6 Å². The van der Waals surface area contributed by atoms with E-state index in [1.54, 1.807) is 6.07 Å². The van der Waals surface area contributed by atoms with Gasteiger partial charge in [-0.05, 0) is 25.1 Å². The number of benzene rings is 1. The van der Waals surface area contributed by atoms with Gasteiger partial charge in [0.2, 0.25) is 0 Å². The van der Waals surface area contributed by atoms with E-state index in [9.17, 15) is 4.79 Å². The van der Waals surface area contributed by atoms with E-state index in [-0.39, 0.29) is 5.91 Å². The quantitative estimate of drug-likeness (QED) is 0.662. The third-order valence-electron chi connectivity index (χ3n) is 4.22. The molecule has 0 saturated carbocycles. The Kier molecular flexibility index (Phi) is 4.26. The Bertz CT molecular complexity index is 846. The van der Waals surface area contributed by atoms with Crippen molar-refractivity contribution in [1.29, 1.82) is 0 Å². The second kappa shape index (κ2) is 6.86. The maximum absolute atomic E-state index is 12.6. The molecule has 3 aromatic rings. The highest BCUT2D eigenvalue weighted by Crippen LogP contribution is 2.19. The molecule has 8 nitrogen and oxygen atoms in total. The predicted octanol–water partition coefficient (Wildman–Crippen LogP) is 1.09. The van der Waals surface area contributed by atoms with Crippen LogP contribution in [-0.4, -0.2) is 37.4 Å². The molecule has 8 heteroatoms. The highest BCUT2D eigenvalue weighted by molar-refractivity contribution is 6.00. The Balaban J connectivity index is 1.48. The number of H-pyrrole nitrogens is 1. The molecule has 2 aromatic heterocycles. The molecule has 0 spiro atoms. The Morgan fingerprint density at radius 1 is 1.32 bits per heavy atom. The van der Waals surface area contributed by atoms with Gasteiger partial charge in [0.15, 0.2) is 5.82 Å². The number of aryl methyl sites for hydroxylation is 1. The molecule has 4 rings (SSSR count). The molecule has 1 aliphatic rings.